The van der Waals surface area contributed by atoms with Crippen molar-refractivity contribution in [3.05, 3.63) is 42.5 Å². The molecule has 28 heavy (non-hydrogen) atoms. The Hall–Kier alpha value is -1.92. The summed E-state index contributed by atoms with van der Waals surface area (Å²) in [7, 11) is 0. The lowest BCUT2D eigenvalue weighted by molar-refractivity contribution is -0.137. The third kappa shape index (κ3) is 7.60. The molecule has 0 amide bonds. The molecule has 1 aromatic rings. The Morgan fingerprint density at radius 1 is 1.18 bits per heavy atom. The van der Waals surface area contributed by atoms with Crippen molar-refractivity contribution in [1.29, 1.82) is 0 Å². The van der Waals surface area contributed by atoms with Gasteiger partial charge >= 0.3 is 5.97 Å². The first-order chi connectivity index (χ1) is 13.5. The first-order valence-corrected chi connectivity index (χ1v) is 10.0. The predicted octanol–water partition coefficient (Wildman–Crippen LogP) is 3.74. The second-order valence-corrected chi connectivity index (χ2v) is 7.49. The second kappa shape index (κ2) is 11.8. The van der Waals surface area contributed by atoms with Crippen LogP contribution in [0, 0.1) is 11.8 Å². The summed E-state index contributed by atoms with van der Waals surface area (Å²) in [4.78, 5) is 10.5. The SMILES string of the molecule is O=C(O)CCC/C=C\C[C@@H]1[C@@H](CC[C@@H](F)COc2ccccc2)[C@H](O)C[C@@H]1O. The molecule has 0 aromatic heterocycles. The minimum atomic E-state index is -1.13. The molecule has 0 radical (unpaired) electrons. The van der Waals surface area contributed by atoms with Gasteiger partial charge in [-0.25, -0.2) is 4.39 Å². The van der Waals surface area contributed by atoms with Gasteiger partial charge in [0.05, 0.1) is 12.2 Å². The van der Waals surface area contributed by atoms with E-state index in [1.807, 2.05) is 30.4 Å². The van der Waals surface area contributed by atoms with Crippen LogP contribution in [-0.4, -0.2) is 46.3 Å². The molecule has 0 saturated heterocycles. The van der Waals surface area contributed by atoms with E-state index in [0.717, 1.165) is 0 Å². The third-order valence-corrected chi connectivity index (χ3v) is 5.35. The molecular weight excluding hydrogens is 363 g/mol. The highest BCUT2D eigenvalue weighted by atomic mass is 19.1. The number of ether oxygens (including phenoxy) is 1. The number of unbranched alkanes of at least 4 members (excludes halogenated alkanes) is 1. The molecule has 0 unspecified atom stereocenters. The van der Waals surface area contributed by atoms with Crippen LogP contribution in [0.1, 0.15) is 44.9 Å². The summed E-state index contributed by atoms with van der Waals surface area (Å²) >= 11 is 0. The number of carbonyl (C=O) groups is 1. The fourth-order valence-electron chi connectivity index (χ4n) is 3.81. The Labute approximate surface area is 165 Å². The molecule has 1 aliphatic rings. The maximum absolute atomic E-state index is 14.2. The van der Waals surface area contributed by atoms with E-state index in [-0.39, 0.29) is 31.3 Å². The molecule has 2 rings (SSSR count). The van der Waals surface area contributed by atoms with E-state index in [2.05, 4.69) is 0 Å². The lowest BCUT2D eigenvalue weighted by Gasteiger charge is -2.23. The van der Waals surface area contributed by atoms with Gasteiger partial charge in [0.15, 0.2) is 0 Å². The van der Waals surface area contributed by atoms with E-state index in [9.17, 15) is 19.4 Å². The zero-order chi connectivity index (χ0) is 20.4. The van der Waals surface area contributed by atoms with E-state index in [1.165, 1.54) is 0 Å². The normalized spacial score (nSPS) is 25.8. The first kappa shape index (κ1) is 22.4. The number of hydrogen-bond donors (Lipinski definition) is 3. The number of carboxylic acid groups (broad SMARTS) is 1. The van der Waals surface area contributed by atoms with Crippen molar-refractivity contribution in [2.75, 3.05) is 6.61 Å². The van der Waals surface area contributed by atoms with Crippen LogP contribution in [0.25, 0.3) is 0 Å². The number of halogens is 1. The number of aliphatic hydroxyl groups is 2. The first-order valence-electron chi connectivity index (χ1n) is 10.0. The smallest absolute Gasteiger partial charge is 0.303 e. The zero-order valence-electron chi connectivity index (χ0n) is 16.1. The van der Waals surface area contributed by atoms with E-state index in [1.54, 1.807) is 12.1 Å². The quantitative estimate of drug-likeness (QED) is 0.371. The van der Waals surface area contributed by atoms with Crippen molar-refractivity contribution in [2.24, 2.45) is 11.8 Å². The van der Waals surface area contributed by atoms with Gasteiger partial charge in [0.25, 0.3) is 0 Å². The van der Waals surface area contributed by atoms with Crippen LogP contribution in [0.2, 0.25) is 0 Å². The maximum atomic E-state index is 14.2. The van der Waals surface area contributed by atoms with E-state index >= 15 is 0 Å². The van der Waals surface area contributed by atoms with Crippen molar-refractivity contribution < 1.29 is 29.2 Å². The van der Waals surface area contributed by atoms with Crippen LogP contribution < -0.4 is 4.74 Å². The molecule has 1 saturated carbocycles. The predicted molar refractivity (Wildman–Crippen MR) is 105 cm³/mol. The topological polar surface area (TPSA) is 87.0 Å². The van der Waals surface area contributed by atoms with Gasteiger partial charge in [-0.05, 0) is 62.5 Å². The highest BCUT2D eigenvalue weighted by Crippen LogP contribution is 2.38. The Bertz CT molecular complexity index is 606. The monoisotopic (exact) mass is 394 g/mol. The average Bonchev–Trinajstić information content (AvgIpc) is 2.94. The average molecular weight is 394 g/mol. The van der Waals surface area contributed by atoms with Gasteiger partial charge in [0.2, 0.25) is 0 Å². The van der Waals surface area contributed by atoms with Crippen molar-refractivity contribution in [2.45, 2.75) is 63.3 Å². The number of alkyl halides is 1. The highest BCUT2D eigenvalue weighted by Gasteiger charge is 2.40. The van der Waals surface area contributed by atoms with Crippen LogP contribution in [0.3, 0.4) is 0 Å². The molecule has 0 heterocycles. The zero-order valence-corrected chi connectivity index (χ0v) is 16.1. The highest BCUT2D eigenvalue weighted by molar-refractivity contribution is 5.66. The number of hydrogen-bond acceptors (Lipinski definition) is 4. The Balaban J connectivity index is 1.74. The molecule has 5 atom stereocenters. The van der Waals surface area contributed by atoms with Crippen LogP contribution in [0.4, 0.5) is 4.39 Å². The fraction of sp³-hybridized carbons (Fsp3) is 0.591. The lowest BCUT2D eigenvalue weighted by atomic mass is 9.86. The van der Waals surface area contributed by atoms with Crippen LogP contribution in [0.5, 0.6) is 5.75 Å². The molecule has 156 valence electrons. The number of para-hydroxylation sites is 1. The largest absolute Gasteiger partial charge is 0.491 e. The molecule has 0 bridgehead atoms. The molecule has 1 aliphatic carbocycles. The van der Waals surface area contributed by atoms with Crippen molar-refractivity contribution in [1.82, 2.24) is 0 Å². The summed E-state index contributed by atoms with van der Waals surface area (Å²) in [5.41, 5.74) is 0. The Morgan fingerprint density at radius 3 is 2.61 bits per heavy atom. The molecule has 0 aliphatic heterocycles. The van der Waals surface area contributed by atoms with Gasteiger partial charge in [-0.3, -0.25) is 4.79 Å². The molecule has 6 heteroatoms. The maximum Gasteiger partial charge on any atom is 0.303 e. The number of aliphatic hydroxyl groups excluding tert-OH is 2. The summed E-state index contributed by atoms with van der Waals surface area (Å²) < 4.78 is 19.7. The molecule has 0 spiro atoms. The minimum absolute atomic E-state index is 0.0243. The number of rotatable bonds is 12. The molecule has 3 N–H and O–H groups in total. The Kier molecular flexibility index (Phi) is 9.44. The second-order valence-electron chi connectivity index (χ2n) is 7.49. The van der Waals surface area contributed by atoms with Gasteiger partial charge in [-0.2, -0.15) is 0 Å². The van der Waals surface area contributed by atoms with Gasteiger partial charge in [0, 0.05) is 6.42 Å². The van der Waals surface area contributed by atoms with Crippen molar-refractivity contribution >= 4 is 5.97 Å². The summed E-state index contributed by atoms with van der Waals surface area (Å²) in [6.07, 6.45) is 4.60. The van der Waals surface area contributed by atoms with Crippen LogP contribution in [-0.2, 0) is 4.79 Å². The van der Waals surface area contributed by atoms with Crippen LogP contribution >= 0.6 is 0 Å². The minimum Gasteiger partial charge on any atom is -0.491 e. The molecule has 1 fully saturated rings. The lowest BCUT2D eigenvalue weighted by Crippen LogP contribution is -2.24. The third-order valence-electron chi connectivity index (χ3n) is 5.35. The molecular formula is C22H31FO5. The van der Waals surface area contributed by atoms with E-state index in [4.69, 9.17) is 9.84 Å². The molecule has 1 aromatic carbocycles. The number of carboxylic acids is 1. The number of aliphatic carboxylic acids is 1. The Morgan fingerprint density at radius 2 is 1.89 bits per heavy atom. The van der Waals surface area contributed by atoms with E-state index in [0.29, 0.717) is 37.9 Å². The van der Waals surface area contributed by atoms with E-state index < -0.39 is 24.3 Å². The standard InChI is InChI=1S/C22H31FO5/c23-16(15-28-17-8-4-3-5-9-17)12-13-19-18(20(24)14-21(19)25)10-6-1-2-7-11-22(26)27/h1,3-6,8-9,16,18-21,24-25H,2,7,10-15H2,(H,26,27)/b6-1-/t16-,18-,19-,20+,21-/m1/s1. The van der Waals surface area contributed by atoms with Gasteiger partial charge in [-0.15, -0.1) is 0 Å². The summed E-state index contributed by atoms with van der Waals surface area (Å²) in [5, 5.41) is 29.1. The van der Waals surface area contributed by atoms with Gasteiger partial charge in [0.1, 0.15) is 18.5 Å². The van der Waals surface area contributed by atoms with Crippen LogP contribution in [0.15, 0.2) is 42.5 Å². The summed E-state index contributed by atoms with van der Waals surface area (Å²) in [5.74, 6) is -0.422. The molecule has 5 nitrogen and oxygen atoms in total. The summed E-state index contributed by atoms with van der Waals surface area (Å²) in [6.45, 7) is -0.0243. The van der Waals surface area contributed by atoms with Gasteiger partial charge < -0.3 is 20.1 Å². The van der Waals surface area contributed by atoms with Crippen molar-refractivity contribution in [3.8, 4) is 5.75 Å². The summed E-state index contributed by atoms with van der Waals surface area (Å²) in [6, 6.07) is 9.09. The van der Waals surface area contributed by atoms with Crippen molar-refractivity contribution in [3.63, 3.8) is 0 Å². The van der Waals surface area contributed by atoms with Gasteiger partial charge in [-0.1, -0.05) is 30.4 Å². The number of benzene rings is 1. The number of allylic oxidation sites excluding steroid dienone is 2. The fourth-order valence-corrected chi connectivity index (χ4v) is 3.81.